The van der Waals surface area contributed by atoms with Crippen LogP contribution in [0.5, 0.6) is 0 Å². The number of carboxylic acids is 1. The summed E-state index contributed by atoms with van der Waals surface area (Å²) in [5, 5.41) is 10.9. The third kappa shape index (κ3) is 5.29. The topological polar surface area (TPSA) is 57.6 Å². The normalized spacial score (nSPS) is 24.5. The second-order valence-electron chi connectivity index (χ2n) is 9.19. The molecule has 3 atom stereocenters. The van der Waals surface area contributed by atoms with Crippen LogP contribution in [0, 0.1) is 11.8 Å². The van der Waals surface area contributed by atoms with Crippen molar-refractivity contribution in [2.45, 2.75) is 56.9 Å². The number of piperidine rings is 1. The first-order valence-corrected chi connectivity index (χ1v) is 12.2. The van der Waals surface area contributed by atoms with E-state index in [1.165, 1.54) is 19.3 Å². The quantitative estimate of drug-likeness (QED) is 0.506. The van der Waals surface area contributed by atoms with E-state index in [1.807, 2.05) is 36.4 Å². The number of rotatable bonds is 6. The molecular formula is C26H29Cl2NO3. The Morgan fingerprint density at radius 2 is 1.69 bits per heavy atom. The van der Waals surface area contributed by atoms with Crippen molar-refractivity contribution in [3.8, 4) is 0 Å². The molecule has 1 amide bonds. The average Bonchev–Trinajstić information content (AvgIpc) is 2.77. The number of carbonyl (C=O) groups excluding carboxylic acids is 1. The second kappa shape index (κ2) is 10.3. The zero-order chi connectivity index (χ0) is 22.7. The molecule has 1 aliphatic heterocycles. The van der Waals surface area contributed by atoms with Gasteiger partial charge in [-0.05, 0) is 54.2 Å². The molecule has 4 nitrogen and oxygen atoms in total. The van der Waals surface area contributed by atoms with Crippen LogP contribution in [-0.2, 0) is 9.59 Å². The average molecular weight is 474 g/mol. The molecule has 32 heavy (non-hydrogen) atoms. The maximum atomic E-state index is 13.6. The van der Waals surface area contributed by atoms with Gasteiger partial charge < -0.3 is 10.0 Å². The first kappa shape index (κ1) is 23.1. The number of aliphatic carboxylic acids is 1. The summed E-state index contributed by atoms with van der Waals surface area (Å²) in [6.07, 6.45) is 7.55. The van der Waals surface area contributed by atoms with E-state index < -0.39 is 5.97 Å². The van der Waals surface area contributed by atoms with E-state index in [2.05, 4.69) is 0 Å². The van der Waals surface area contributed by atoms with Crippen molar-refractivity contribution < 1.29 is 14.7 Å². The summed E-state index contributed by atoms with van der Waals surface area (Å²) in [6.45, 7) is -0.315. The van der Waals surface area contributed by atoms with Gasteiger partial charge in [0.25, 0.3) is 0 Å². The molecule has 2 aromatic carbocycles. The van der Waals surface area contributed by atoms with E-state index in [0.29, 0.717) is 22.4 Å². The predicted molar refractivity (Wildman–Crippen MR) is 127 cm³/mol. The number of nitrogens with zero attached hydrogens (tertiary/aromatic N) is 1. The molecular weight excluding hydrogens is 445 g/mol. The van der Waals surface area contributed by atoms with Crippen LogP contribution in [0.4, 0.5) is 0 Å². The Morgan fingerprint density at radius 1 is 0.969 bits per heavy atom. The van der Waals surface area contributed by atoms with Gasteiger partial charge in [0.2, 0.25) is 5.91 Å². The van der Waals surface area contributed by atoms with Crippen LogP contribution in [0.2, 0.25) is 10.0 Å². The van der Waals surface area contributed by atoms with Gasteiger partial charge in [0.05, 0.1) is 6.04 Å². The lowest BCUT2D eigenvalue weighted by molar-refractivity contribution is -0.152. The SMILES string of the molecule is O=C(O)CN1C(=O)[C@H](CC2CCCCC2)C[C@H](c2cccc(Cl)c2)[C@H]1c1ccc(Cl)cc1. The largest absolute Gasteiger partial charge is 0.480 e. The van der Waals surface area contributed by atoms with E-state index in [4.69, 9.17) is 23.2 Å². The Morgan fingerprint density at radius 3 is 2.34 bits per heavy atom. The molecule has 2 aromatic rings. The standard InChI is InChI=1S/C26H29Cl2NO3/c27-21-11-9-18(10-12-21)25-23(19-7-4-8-22(28)14-19)15-20(13-17-5-2-1-3-6-17)26(32)29(25)16-24(30)31/h4,7-12,14,17,20,23,25H,1-3,5-6,13,15-16H2,(H,30,31)/t20-,23-,25-/m1/s1. The summed E-state index contributed by atoms with van der Waals surface area (Å²) in [4.78, 5) is 27.0. The summed E-state index contributed by atoms with van der Waals surface area (Å²) in [5.41, 5.74) is 1.93. The monoisotopic (exact) mass is 473 g/mol. The molecule has 6 heteroatoms. The fraction of sp³-hybridized carbons (Fsp3) is 0.462. The van der Waals surface area contributed by atoms with E-state index in [-0.39, 0.29) is 30.3 Å². The predicted octanol–water partition coefficient (Wildman–Crippen LogP) is 6.72. The lowest BCUT2D eigenvalue weighted by Gasteiger charge is -2.45. The minimum atomic E-state index is -1.000. The summed E-state index contributed by atoms with van der Waals surface area (Å²) in [6, 6.07) is 14.7. The van der Waals surface area contributed by atoms with Crippen molar-refractivity contribution >= 4 is 35.1 Å². The zero-order valence-corrected chi connectivity index (χ0v) is 19.6. The Hall–Kier alpha value is -2.04. The van der Waals surface area contributed by atoms with Crippen LogP contribution >= 0.6 is 23.2 Å². The lowest BCUT2D eigenvalue weighted by Crippen LogP contribution is -2.49. The molecule has 0 unspecified atom stereocenters. The van der Waals surface area contributed by atoms with Crippen molar-refractivity contribution in [3.05, 3.63) is 69.7 Å². The first-order chi connectivity index (χ1) is 15.4. The molecule has 1 N–H and O–H groups in total. The molecule has 0 aromatic heterocycles. The smallest absolute Gasteiger partial charge is 0.323 e. The van der Waals surface area contributed by atoms with Crippen LogP contribution in [0.3, 0.4) is 0 Å². The van der Waals surface area contributed by atoms with Gasteiger partial charge in [-0.15, -0.1) is 0 Å². The highest BCUT2D eigenvalue weighted by molar-refractivity contribution is 6.30. The highest BCUT2D eigenvalue weighted by atomic mass is 35.5. The Kier molecular flexibility index (Phi) is 7.42. The van der Waals surface area contributed by atoms with Gasteiger partial charge in [-0.1, -0.05) is 79.6 Å². The van der Waals surface area contributed by atoms with Gasteiger partial charge in [-0.25, -0.2) is 0 Å². The minimum absolute atomic E-state index is 0.0412. The van der Waals surface area contributed by atoms with Crippen molar-refractivity contribution in [2.75, 3.05) is 6.54 Å². The van der Waals surface area contributed by atoms with Crippen molar-refractivity contribution in [2.24, 2.45) is 11.8 Å². The number of likely N-dealkylation sites (tertiary alicyclic amines) is 1. The summed E-state index contributed by atoms with van der Waals surface area (Å²) in [5.74, 6) is -0.723. The molecule has 1 saturated heterocycles. The number of hydrogen-bond acceptors (Lipinski definition) is 2. The molecule has 1 aliphatic carbocycles. The fourth-order valence-corrected chi connectivity index (χ4v) is 5.92. The molecule has 1 saturated carbocycles. The second-order valence-corrected chi connectivity index (χ2v) is 10.1. The van der Waals surface area contributed by atoms with Crippen LogP contribution < -0.4 is 0 Å². The van der Waals surface area contributed by atoms with Gasteiger partial charge in [0, 0.05) is 21.9 Å². The highest BCUT2D eigenvalue weighted by Crippen LogP contribution is 2.47. The summed E-state index contributed by atoms with van der Waals surface area (Å²) < 4.78 is 0. The van der Waals surface area contributed by atoms with Crippen LogP contribution in [0.15, 0.2) is 48.5 Å². The van der Waals surface area contributed by atoms with E-state index in [0.717, 1.165) is 30.4 Å². The molecule has 2 fully saturated rings. The number of hydrogen-bond donors (Lipinski definition) is 1. The lowest BCUT2D eigenvalue weighted by atomic mass is 9.72. The number of halogens is 2. The van der Waals surface area contributed by atoms with Crippen LogP contribution in [-0.4, -0.2) is 28.4 Å². The molecule has 0 bridgehead atoms. The van der Waals surface area contributed by atoms with Crippen LogP contribution in [0.25, 0.3) is 0 Å². The fourth-order valence-electron chi connectivity index (χ4n) is 5.60. The number of benzene rings is 2. The maximum Gasteiger partial charge on any atom is 0.323 e. The van der Waals surface area contributed by atoms with Gasteiger partial charge in [-0.2, -0.15) is 0 Å². The van der Waals surface area contributed by atoms with Gasteiger partial charge >= 0.3 is 5.97 Å². The first-order valence-electron chi connectivity index (χ1n) is 11.5. The molecule has 0 spiro atoms. The van der Waals surface area contributed by atoms with Crippen molar-refractivity contribution in [3.63, 3.8) is 0 Å². The molecule has 0 radical (unpaired) electrons. The molecule has 2 aliphatic rings. The molecule has 1 heterocycles. The van der Waals surface area contributed by atoms with Gasteiger partial charge in [0.1, 0.15) is 6.54 Å². The van der Waals surface area contributed by atoms with Crippen molar-refractivity contribution in [1.82, 2.24) is 4.90 Å². The van der Waals surface area contributed by atoms with Crippen molar-refractivity contribution in [1.29, 1.82) is 0 Å². The van der Waals surface area contributed by atoms with E-state index >= 15 is 0 Å². The van der Waals surface area contributed by atoms with Crippen LogP contribution in [0.1, 0.15) is 68.0 Å². The Labute approximate surface area is 199 Å². The van der Waals surface area contributed by atoms with Gasteiger partial charge in [-0.3, -0.25) is 9.59 Å². The third-order valence-corrected chi connectivity index (χ3v) is 7.51. The number of carbonyl (C=O) groups is 2. The maximum absolute atomic E-state index is 13.6. The molecule has 170 valence electrons. The minimum Gasteiger partial charge on any atom is -0.480 e. The Bertz CT molecular complexity index is 956. The number of amides is 1. The van der Waals surface area contributed by atoms with E-state index in [9.17, 15) is 14.7 Å². The zero-order valence-electron chi connectivity index (χ0n) is 18.1. The summed E-state index contributed by atoms with van der Waals surface area (Å²) >= 11 is 12.4. The van der Waals surface area contributed by atoms with Gasteiger partial charge in [0.15, 0.2) is 0 Å². The third-order valence-electron chi connectivity index (χ3n) is 7.02. The Balaban J connectivity index is 1.74. The number of carboxylic acid groups (broad SMARTS) is 1. The highest BCUT2D eigenvalue weighted by Gasteiger charge is 2.44. The molecule has 4 rings (SSSR count). The van der Waals surface area contributed by atoms with E-state index in [1.54, 1.807) is 17.0 Å². The summed E-state index contributed by atoms with van der Waals surface area (Å²) in [7, 11) is 0.